The monoisotopic (exact) mass is 728 g/mol. The molecule has 0 unspecified atom stereocenters. The van der Waals surface area contributed by atoms with Gasteiger partial charge in [0.2, 0.25) is 0 Å². The van der Waals surface area contributed by atoms with Gasteiger partial charge in [0, 0.05) is 47.7 Å². The minimum Gasteiger partial charge on any atom is -0.408 e. The molecule has 0 N–H and O–H groups in total. The van der Waals surface area contributed by atoms with Crippen molar-refractivity contribution in [1.29, 1.82) is 0 Å². The molecule has 0 amide bonds. The second-order valence-electron chi connectivity index (χ2n) is 13.7. The summed E-state index contributed by atoms with van der Waals surface area (Å²) in [7, 11) is -2.90. The summed E-state index contributed by atoms with van der Waals surface area (Å²) in [5.41, 5.74) is 3.44. The van der Waals surface area contributed by atoms with E-state index in [0.29, 0.717) is 0 Å². The van der Waals surface area contributed by atoms with E-state index in [1.54, 1.807) is 0 Å². The van der Waals surface area contributed by atoms with Gasteiger partial charge in [-0.2, -0.15) is 0 Å². The highest BCUT2D eigenvalue weighted by Crippen LogP contribution is 2.45. The molecule has 0 aliphatic carbocycles. The SMILES string of the molecule is c1ccc2c(c1)ccc1op(N3CCCN(p4oc5ccc6ccccc6c5c5c(ccc6ccccc65)o4)CC3)oc3ccc4ccccc4c3c12. The van der Waals surface area contributed by atoms with Crippen LogP contribution >= 0.6 is 16.3 Å². The fraction of sp³-hybridized carbons (Fsp3) is 0.111. The van der Waals surface area contributed by atoms with Crippen molar-refractivity contribution in [2.24, 2.45) is 0 Å². The molecule has 1 aliphatic heterocycles. The molecular formula is C45H34N2O4P2. The zero-order valence-corrected chi connectivity index (χ0v) is 30.6. The lowest BCUT2D eigenvalue weighted by atomic mass is 9.99. The van der Waals surface area contributed by atoms with Crippen LogP contribution < -0.4 is 9.34 Å². The Balaban J connectivity index is 1.06. The van der Waals surface area contributed by atoms with Gasteiger partial charge in [-0.3, -0.25) is 0 Å². The third-order valence-electron chi connectivity index (χ3n) is 10.7. The average molecular weight is 729 g/mol. The maximum atomic E-state index is 6.96. The van der Waals surface area contributed by atoms with Crippen molar-refractivity contribution in [3.05, 3.63) is 146 Å². The van der Waals surface area contributed by atoms with E-state index in [1.807, 2.05) is 0 Å². The summed E-state index contributed by atoms with van der Waals surface area (Å²) in [5.74, 6) is 0. The third kappa shape index (κ3) is 5.17. The fourth-order valence-electron chi connectivity index (χ4n) is 8.16. The lowest BCUT2D eigenvalue weighted by Gasteiger charge is -2.17. The van der Waals surface area contributed by atoms with E-state index in [-0.39, 0.29) is 0 Å². The van der Waals surface area contributed by atoms with Crippen LogP contribution in [0.5, 0.6) is 0 Å². The summed E-state index contributed by atoms with van der Waals surface area (Å²) in [6, 6.07) is 51.3. The molecule has 11 rings (SSSR count). The lowest BCUT2D eigenvalue weighted by Crippen LogP contribution is -2.27. The van der Waals surface area contributed by atoms with Gasteiger partial charge in [0.05, 0.1) is 0 Å². The third-order valence-corrected chi connectivity index (χ3v) is 13.8. The van der Waals surface area contributed by atoms with Crippen LogP contribution in [0.3, 0.4) is 0 Å². The molecule has 3 heterocycles. The summed E-state index contributed by atoms with van der Waals surface area (Å²) in [5, 5.41) is 13.8. The van der Waals surface area contributed by atoms with Crippen LogP contribution in [-0.4, -0.2) is 26.2 Å². The van der Waals surface area contributed by atoms with Crippen LogP contribution in [0.4, 0.5) is 0 Å². The van der Waals surface area contributed by atoms with E-state index in [1.165, 1.54) is 21.5 Å². The van der Waals surface area contributed by atoms with Crippen LogP contribution in [-0.2, 0) is 0 Å². The molecule has 0 bridgehead atoms. The number of benzene rings is 8. The smallest absolute Gasteiger partial charge is 0.309 e. The van der Waals surface area contributed by atoms with Gasteiger partial charge in [-0.25, -0.2) is 9.34 Å². The molecule has 2 aromatic heterocycles. The molecule has 1 saturated heterocycles. The van der Waals surface area contributed by atoms with Crippen molar-refractivity contribution in [2.45, 2.75) is 6.42 Å². The Morgan fingerprint density at radius 2 is 0.604 bits per heavy atom. The highest BCUT2D eigenvalue weighted by molar-refractivity contribution is 7.39. The van der Waals surface area contributed by atoms with E-state index in [4.69, 9.17) is 16.8 Å². The van der Waals surface area contributed by atoms with Crippen LogP contribution in [0.15, 0.2) is 162 Å². The zero-order valence-electron chi connectivity index (χ0n) is 28.8. The van der Waals surface area contributed by atoms with Gasteiger partial charge < -0.3 is 16.8 Å². The van der Waals surface area contributed by atoms with Crippen LogP contribution in [0.2, 0.25) is 0 Å². The van der Waals surface area contributed by atoms with Crippen molar-refractivity contribution in [3.63, 3.8) is 0 Å². The zero-order chi connectivity index (χ0) is 34.9. The minimum absolute atomic E-state index is 0.748. The summed E-state index contributed by atoms with van der Waals surface area (Å²) < 4.78 is 32.6. The van der Waals surface area contributed by atoms with Crippen molar-refractivity contribution in [3.8, 4) is 0 Å². The number of rotatable bonds is 2. The van der Waals surface area contributed by atoms with Gasteiger partial charge in [0.1, 0.15) is 22.3 Å². The quantitative estimate of drug-likeness (QED) is 0.177. The van der Waals surface area contributed by atoms with Crippen molar-refractivity contribution in [2.75, 3.05) is 35.5 Å². The number of hydrogen-bond donors (Lipinski definition) is 0. The number of hydrogen-bond acceptors (Lipinski definition) is 6. The van der Waals surface area contributed by atoms with E-state index in [0.717, 1.165) is 98.0 Å². The molecule has 53 heavy (non-hydrogen) atoms. The fourth-order valence-corrected chi connectivity index (χ4v) is 11.1. The maximum Gasteiger partial charge on any atom is 0.309 e. The average Bonchev–Trinajstić information content (AvgIpc) is 3.64. The predicted molar refractivity (Wildman–Crippen MR) is 223 cm³/mol. The number of nitrogens with zero attached hydrogens (tertiary/aromatic N) is 2. The Morgan fingerprint density at radius 1 is 0.321 bits per heavy atom. The lowest BCUT2D eigenvalue weighted by molar-refractivity contribution is 0.618. The molecule has 1 fully saturated rings. The van der Waals surface area contributed by atoms with E-state index < -0.39 is 16.3 Å². The van der Waals surface area contributed by atoms with Crippen LogP contribution in [0, 0.1) is 0 Å². The van der Waals surface area contributed by atoms with Gasteiger partial charge in [-0.15, -0.1) is 0 Å². The van der Waals surface area contributed by atoms with Crippen LogP contribution in [0.1, 0.15) is 6.42 Å². The molecule has 0 saturated carbocycles. The molecule has 10 aromatic rings. The standard InChI is InChI=1S/C45H34N2O4P2/c1-5-14-34-30(10-1)18-22-38-42(34)43-35-15-6-2-11-31(35)19-23-39(43)49-52(48-38)46-26-9-27-47(29-28-46)53-50-40-24-20-32-12-3-7-16-36(32)44(40)45-37-17-8-4-13-33(37)21-25-41(45)51-53/h1-8,10-25H,9,26-29H2. The Labute approximate surface area is 306 Å². The topological polar surface area (TPSA) is 59.0 Å². The largest absolute Gasteiger partial charge is 0.408 e. The van der Waals surface area contributed by atoms with Gasteiger partial charge in [-0.1, -0.05) is 121 Å². The molecule has 0 atom stereocenters. The first-order valence-corrected chi connectivity index (χ1v) is 20.4. The molecule has 258 valence electrons. The first kappa shape index (κ1) is 31.1. The summed E-state index contributed by atoms with van der Waals surface area (Å²) in [6.07, 6.45) is 0.918. The maximum absolute atomic E-state index is 6.96. The van der Waals surface area contributed by atoms with E-state index in [9.17, 15) is 0 Å². The minimum atomic E-state index is -1.45. The van der Waals surface area contributed by atoms with Crippen LogP contribution in [0.25, 0.3) is 87.0 Å². The predicted octanol–water partition coefficient (Wildman–Crippen LogP) is 13.5. The highest BCUT2D eigenvalue weighted by atomic mass is 31.1. The second kappa shape index (κ2) is 12.6. The highest BCUT2D eigenvalue weighted by Gasteiger charge is 2.25. The molecule has 6 nitrogen and oxygen atoms in total. The summed E-state index contributed by atoms with van der Waals surface area (Å²) in [6.45, 7) is 3.16. The Hall–Kier alpha value is -5.48. The Morgan fingerprint density at radius 3 is 0.906 bits per heavy atom. The van der Waals surface area contributed by atoms with E-state index in [2.05, 4.69) is 155 Å². The molecule has 0 spiro atoms. The van der Waals surface area contributed by atoms with E-state index >= 15 is 0 Å². The summed E-state index contributed by atoms with van der Waals surface area (Å²) in [4.78, 5) is 0. The van der Waals surface area contributed by atoms with Crippen molar-refractivity contribution >= 4 is 103 Å². The van der Waals surface area contributed by atoms with Gasteiger partial charge in [0.15, 0.2) is 0 Å². The van der Waals surface area contributed by atoms with Gasteiger partial charge in [-0.05, 0) is 73.8 Å². The first-order chi connectivity index (χ1) is 26.3. The van der Waals surface area contributed by atoms with Gasteiger partial charge >= 0.3 is 16.3 Å². The second-order valence-corrected chi connectivity index (χ2v) is 16.6. The Bertz CT molecular complexity index is 2750. The Kier molecular flexibility index (Phi) is 7.38. The first-order valence-electron chi connectivity index (χ1n) is 18.2. The molecule has 8 heteroatoms. The van der Waals surface area contributed by atoms with Crippen molar-refractivity contribution < 1.29 is 16.8 Å². The molecule has 8 aromatic carbocycles. The molecular weight excluding hydrogens is 694 g/mol. The van der Waals surface area contributed by atoms with Crippen molar-refractivity contribution in [1.82, 2.24) is 0 Å². The normalized spacial score (nSPS) is 14.6. The van der Waals surface area contributed by atoms with Gasteiger partial charge in [0.25, 0.3) is 0 Å². The molecule has 0 radical (unpaired) electrons. The molecule has 1 aliphatic rings. The summed E-state index contributed by atoms with van der Waals surface area (Å²) >= 11 is 0. The number of fused-ring (bicyclic) bond motifs is 14.